The Kier molecular flexibility index (Phi) is 7.51. The van der Waals surface area contributed by atoms with Gasteiger partial charge in [0.1, 0.15) is 23.3 Å². The number of aromatic amines is 1. The normalized spacial score (nSPS) is 12.1. The standard InChI is InChI=1S/C44H26F4N4/c45-29-7-1-26(2-8-29)41-39-22-19-36(51-39)24-35-16-15-33(49-35)23-34-17-18-37(50-34)25-40-42(27-3-9-30(46)10-4-27)43(28-5-11-31(47)12-6-28)44(41)52(40)38-20-13-32(48)14-21-38/h1-25,49H. The fourth-order valence-electron chi connectivity index (χ4n) is 6.86. The van der Waals surface area contributed by atoms with Gasteiger partial charge in [-0.15, -0.1) is 0 Å². The third kappa shape index (κ3) is 5.70. The van der Waals surface area contributed by atoms with Crippen molar-refractivity contribution in [1.82, 2.24) is 19.5 Å². The second kappa shape index (κ2) is 12.5. The van der Waals surface area contributed by atoms with Gasteiger partial charge in [-0.2, -0.15) is 0 Å². The number of aromatic nitrogens is 4. The number of nitrogens with zero attached hydrogens (tertiary/aromatic N) is 3. The molecular formula is C44H26F4N4. The monoisotopic (exact) mass is 686 g/mol. The van der Waals surface area contributed by atoms with Crippen molar-refractivity contribution in [2.75, 3.05) is 0 Å². The molecule has 0 aliphatic carbocycles. The molecule has 0 saturated heterocycles. The van der Waals surface area contributed by atoms with Gasteiger partial charge in [0.2, 0.25) is 0 Å². The molecule has 52 heavy (non-hydrogen) atoms. The summed E-state index contributed by atoms with van der Waals surface area (Å²) < 4.78 is 60.2. The van der Waals surface area contributed by atoms with E-state index in [1.807, 2.05) is 59.2 Å². The Bertz CT molecular complexity index is 2740. The van der Waals surface area contributed by atoms with E-state index in [-0.39, 0.29) is 0 Å². The first-order valence-corrected chi connectivity index (χ1v) is 16.6. The zero-order valence-electron chi connectivity index (χ0n) is 27.3. The summed E-state index contributed by atoms with van der Waals surface area (Å²) in [5, 5.41) is 0. The molecule has 4 nitrogen and oxygen atoms in total. The van der Waals surface area contributed by atoms with E-state index < -0.39 is 23.3 Å². The molecule has 0 fully saturated rings. The average molecular weight is 687 g/mol. The lowest BCUT2D eigenvalue weighted by molar-refractivity contribution is 0.627. The van der Waals surface area contributed by atoms with Crippen molar-refractivity contribution < 1.29 is 17.6 Å². The number of hydrogen-bond acceptors (Lipinski definition) is 2. The molecule has 0 saturated carbocycles. The van der Waals surface area contributed by atoms with Crippen molar-refractivity contribution in [2.45, 2.75) is 0 Å². The van der Waals surface area contributed by atoms with Crippen LogP contribution in [0.15, 0.2) is 127 Å². The molecule has 4 aromatic carbocycles. The Morgan fingerprint density at radius 3 is 1.42 bits per heavy atom. The van der Waals surface area contributed by atoms with Gasteiger partial charge in [0.05, 0.1) is 33.8 Å². The van der Waals surface area contributed by atoms with Crippen LogP contribution in [0.25, 0.3) is 85.4 Å². The number of nitrogens with one attached hydrogen (secondary N) is 1. The average Bonchev–Trinajstić information content (AvgIpc) is 3.95. The van der Waals surface area contributed by atoms with Crippen molar-refractivity contribution in [3.8, 4) is 39.1 Å². The van der Waals surface area contributed by atoms with E-state index in [1.54, 1.807) is 48.5 Å². The highest BCUT2D eigenvalue weighted by Crippen LogP contribution is 2.47. The lowest BCUT2D eigenvalue weighted by atomic mass is 9.93. The van der Waals surface area contributed by atoms with Gasteiger partial charge in [-0.25, -0.2) is 27.5 Å². The maximum atomic E-state index is 14.6. The molecule has 1 N–H and O–H groups in total. The van der Waals surface area contributed by atoms with Crippen LogP contribution in [0.1, 0.15) is 22.8 Å². The van der Waals surface area contributed by atoms with Gasteiger partial charge in [0, 0.05) is 33.4 Å². The highest BCUT2D eigenvalue weighted by atomic mass is 19.1. The highest BCUT2D eigenvalue weighted by molar-refractivity contribution is 6.10. The van der Waals surface area contributed by atoms with Gasteiger partial charge in [0.25, 0.3) is 0 Å². The predicted molar refractivity (Wildman–Crippen MR) is 200 cm³/mol. The van der Waals surface area contributed by atoms with Crippen molar-refractivity contribution in [1.29, 1.82) is 0 Å². The molecule has 2 aliphatic heterocycles. The lowest BCUT2D eigenvalue weighted by Crippen LogP contribution is -1.98. The summed E-state index contributed by atoms with van der Waals surface area (Å²) >= 11 is 0. The Morgan fingerprint density at radius 1 is 0.423 bits per heavy atom. The molecule has 0 radical (unpaired) electrons. The van der Waals surface area contributed by atoms with Crippen molar-refractivity contribution in [3.05, 3.63) is 173 Å². The van der Waals surface area contributed by atoms with Crippen LogP contribution in [0.2, 0.25) is 0 Å². The molecule has 0 unspecified atom stereocenters. The molecule has 250 valence electrons. The predicted octanol–water partition coefficient (Wildman–Crippen LogP) is 11.7. The van der Waals surface area contributed by atoms with E-state index in [2.05, 4.69) is 4.98 Å². The molecule has 3 aromatic heterocycles. The Hall–Kier alpha value is -6.80. The topological polar surface area (TPSA) is 46.5 Å². The zero-order valence-corrected chi connectivity index (χ0v) is 27.3. The van der Waals surface area contributed by atoms with Crippen LogP contribution in [0, 0.1) is 23.3 Å². The molecule has 9 rings (SSSR count). The number of benzene rings is 4. The first-order chi connectivity index (χ1) is 25.4. The third-order valence-corrected chi connectivity index (χ3v) is 9.15. The fourth-order valence-corrected chi connectivity index (χ4v) is 6.86. The van der Waals surface area contributed by atoms with Crippen LogP contribution in [0.4, 0.5) is 17.6 Å². The summed E-state index contributed by atoms with van der Waals surface area (Å²) in [6.07, 6.45) is 7.63. The third-order valence-electron chi connectivity index (χ3n) is 9.15. The van der Waals surface area contributed by atoms with Gasteiger partial charge >= 0.3 is 0 Å². The van der Waals surface area contributed by atoms with E-state index in [0.29, 0.717) is 67.2 Å². The second-order valence-corrected chi connectivity index (χ2v) is 12.5. The van der Waals surface area contributed by atoms with Crippen LogP contribution >= 0.6 is 0 Å². The summed E-state index contributed by atoms with van der Waals surface area (Å²) in [4.78, 5) is 13.4. The number of H-pyrrole nitrogens is 1. The number of fused-ring (bicyclic) bond motifs is 8. The second-order valence-electron chi connectivity index (χ2n) is 12.5. The van der Waals surface area contributed by atoms with Crippen molar-refractivity contribution >= 4 is 46.4 Å². The van der Waals surface area contributed by atoms with Gasteiger partial charge in [-0.1, -0.05) is 36.4 Å². The van der Waals surface area contributed by atoms with Crippen LogP contribution in [-0.2, 0) is 0 Å². The quantitative estimate of drug-likeness (QED) is 0.187. The smallest absolute Gasteiger partial charge is 0.123 e. The minimum Gasteiger partial charge on any atom is -0.355 e. The molecule has 0 atom stereocenters. The van der Waals surface area contributed by atoms with E-state index in [4.69, 9.17) is 9.97 Å². The molecule has 8 bridgehead atoms. The largest absolute Gasteiger partial charge is 0.355 e. The lowest BCUT2D eigenvalue weighted by Gasteiger charge is -2.13. The number of halogens is 4. The van der Waals surface area contributed by atoms with Crippen LogP contribution in [0.5, 0.6) is 0 Å². The molecule has 0 spiro atoms. The summed E-state index contributed by atoms with van der Waals surface area (Å²) in [6, 6.07) is 34.4. The van der Waals surface area contributed by atoms with Crippen molar-refractivity contribution in [2.24, 2.45) is 0 Å². The maximum absolute atomic E-state index is 14.6. The molecule has 5 heterocycles. The highest BCUT2D eigenvalue weighted by Gasteiger charge is 2.26. The zero-order chi connectivity index (χ0) is 35.3. The SMILES string of the molecule is Fc1ccc(-c2c(-c3ccc(F)cc3)c3c(-c4ccc(F)cc4)c4nc(cc5ccc(cc6nc(cc2n3-c2ccc(F)cc2)C=C6)[nH]5)C=C4)cc1. The maximum Gasteiger partial charge on any atom is 0.123 e. The van der Waals surface area contributed by atoms with Crippen LogP contribution in [0.3, 0.4) is 0 Å². The first-order valence-electron chi connectivity index (χ1n) is 16.6. The first kappa shape index (κ1) is 31.2. The van der Waals surface area contributed by atoms with Gasteiger partial charge in [-0.3, -0.25) is 0 Å². The number of rotatable bonds is 4. The Labute approximate surface area is 295 Å². The summed E-state index contributed by atoms with van der Waals surface area (Å²) in [6.45, 7) is 0. The molecule has 2 aliphatic rings. The van der Waals surface area contributed by atoms with E-state index in [9.17, 15) is 17.6 Å². The Morgan fingerprint density at radius 2 is 0.865 bits per heavy atom. The molecular weight excluding hydrogens is 661 g/mol. The van der Waals surface area contributed by atoms with Gasteiger partial charge in [0.15, 0.2) is 0 Å². The number of hydrogen-bond donors (Lipinski definition) is 1. The van der Waals surface area contributed by atoms with Crippen LogP contribution in [-0.4, -0.2) is 19.5 Å². The molecule has 0 amide bonds. The summed E-state index contributed by atoms with van der Waals surface area (Å²) in [5.74, 6) is -1.65. The van der Waals surface area contributed by atoms with E-state index >= 15 is 0 Å². The minimum atomic E-state index is -0.416. The van der Waals surface area contributed by atoms with Crippen LogP contribution < -0.4 is 0 Å². The van der Waals surface area contributed by atoms with E-state index in [0.717, 1.165) is 16.7 Å². The summed E-state index contributed by atoms with van der Waals surface area (Å²) in [5.41, 5.74) is 10.2. The minimum absolute atomic E-state index is 0.408. The molecule has 7 aromatic rings. The summed E-state index contributed by atoms with van der Waals surface area (Å²) in [7, 11) is 0. The van der Waals surface area contributed by atoms with E-state index in [1.165, 1.54) is 48.5 Å². The fraction of sp³-hybridized carbons (Fsp3) is 0. The molecule has 8 heteroatoms. The Balaban J connectivity index is 1.60. The van der Waals surface area contributed by atoms with Crippen molar-refractivity contribution in [3.63, 3.8) is 0 Å². The van der Waals surface area contributed by atoms with Gasteiger partial charge < -0.3 is 9.55 Å². The van der Waals surface area contributed by atoms with Gasteiger partial charge in [-0.05, 0) is 132 Å².